The van der Waals surface area contributed by atoms with Gasteiger partial charge >= 0.3 is 0 Å². The highest BCUT2D eigenvalue weighted by Gasteiger charge is 2.24. The lowest BCUT2D eigenvalue weighted by molar-refractivity contribution is 0.327. The number of hydrogen-bond donors (Lipinski definition) is 0. The highest BCUT2D eigenvalue weighted by Crippen LogP contribution is 2.18. The van der Waals surface area contributed by atoms with Gasteiger partial charge in [0.1, 0.15) is 11.8 Å². The van der Waals surface area contributed by atoms with E-state index in [4.69, 9.17) is 5.26 Å². The van der Waals surface area contributed by atoms with Gasteiger partial charge in [-0.15, -0.1) is 0 Å². The monoisotopic (exact) mass is 232 g/mol. The summed E-state index contributed by atoms with van der Waals surface area (Å²) in [6.07, 6.45) is 6.11. The molecule has 0 N–H and O–H groups in total. The number of aliphatic imine (C=N–C) groups is 1. The number of nitriles is 2. The van der Waals surface area contributed by atoms with Crippen molar-refractivity contribution in [3.05, 3.63) is 0 Å². The van der Waals surface area contributed by atoms with Crippen molar-refractivity contribution in [3.63, 3.8) is 0 Å². The van der Waals surface area contributed by atoms with Crippen LogP contribution in [0.2, 0.25) is 0 Å². The zero-order valence-electron chi connectivity index (χ0n) is 10.7. The van der Waals surface area contributed by atoms with Gasteiger partial charge in [0.15, 0.2) is 0 Å². The van der Waals surface area contributed by atoms with Crippen LogP contribution in [0.1, 0.15) is 39.5 Å². The highest BCUT2D eigenvalue weighted by atomic mass is 15.2. The number of nitrogens with zero attached hydrogens (tertiary/aromatic N) is 4. The third-order valence-electron chi connectivity index (χ3n) is 3.02. The van der Waals surface area contributed by atoms with Gasteiger partial charge in [0.2, 0.25) is 6.19 Å². The molecule has 0 bridgehead atoms. The molecule has 4 heteroatoms. The Morgan fingerprint density at radius 2 is 1.88 bits per heavy atom. The van der Waals surface area contributed by atoms with E-state index in [-0.39, 0.29) is 5.92 Å². The molecule has 0 spiro atoms. The second-order valence-electron chi connectivity index (χ2n) is 4.93. The van der Waals surface area contributed by atoms with Crippen molar-refractivity contribution >= 4 is 5.84 Å². The summed E-state index contributed by atoms with van der Waals surface area (Å²) in [6.45, 7) is 6.03. The van der Waals surface area contributed by atoms with Gasteiger partial charge < -0.3 is 4.90 Å². The van der Waals surface area contributed by atoms with Crippen molar-refractivity contribution in [2.45, 2.75) is 39.5 Å². The maximum Gasteiger partial charge on any atom is 0.207 e. The highest BCUT2D eigenvalue weighted by molar-refractivity contribution is 5.87. The van der Waals surface area contributed by atoms with E-state index in [0.717, 1.165) is 32.4 Å². The maximum atomic E-state index is 9.24. The van der Waals surface area contributed by atoms with Crippen LogP contribution in [-0.4, -0.2) is 23.8 Å². The molecule has 1 rings (SSSR count). The van der Waals surface area contributed by atoms with E-state index < -0.39 is 0 Å². The Bertz CT molecular complexity index is 339. The average Bonchev–Trinajstić information content (AvgIpc) is 2.34. The Labute approximate surface area is 104 Å². The van der Waals surface area contributed by atoms with Crippen molar-refractivity contribution in [2.75, 3.05) is 13.1 Å². The minimum absolute atomic E-state index is 0.243. The molecule has 4 nitrogen and oxygen atoms in total. The number of amidine groups is 1. The van der Waals surface area contributed by atoms with Crippen molar-refractivity contribution in [1.29, 1.82) is 10.5 Å². The van der Waals surface area contributed by atoms with Gasteiger partial charge in [0, 0.05) is 13.1 Å². The van der Waals surface area contributed by atoms with Crippen LogP contribution in [-0.2, 0) is 0 Å². The molecule has 1 aliphatic heterocycles. The van der Waals surface area contributed by atoms with E-state index in [1.807, 2.05) is 6.19 Å². The van der Waals surface area contributed by atoms with Crippen LogP contribution in [0.5, 0.6) is 0 Å². The van der Waals surface area contributed by atoms with Gasteiger partial charge in [-0.25, -0.2) is 0 Å². The number of likely N-dealkylation sites (tertiary alicyclic amines) is 1. The number of rotatable bonds is 3. The summed E-state index contributed by atoms with van der Waals surface area (Å²) in [5, 5.41) is 18.0. The van der Waals surface area contributed by atoms with E-state index in [1.54, 1.807) is 0 Å². The molecule has 92 valence electrons. The molecule has 1 fully saturated rings. The Morgan fingerprint density at radius 3 is 2.35 bits per heavy atom. The third-order valence-corrected chi connectivity index (χ3v) is 3.02. The molecule has 0 aromatic carbocycles. The lowest BCUT2D eigenvalue weighted by Crippen LogP contribution is -2.39. The Morgan fingerprint density at radius 1 is 1.24 bits per heavy atom. The van der Waals surface area contributed by atoms with Crippen LogP contribution in [0.4, 0.5) is 0 Å². The van der Waals surface area contributed by atoms with E-state index in [0.29, 0.717) is 11.8 Å². The normalized spacial score (nSPS) is 18.6. The molecule has 0 amide bonds. The first-order chi connectivity index (χ1) is 8.19. The van der Waals surface area contributed by atoms with Crippen LogP contribution in [0.25, 0.3) is 0 Å². The van der Waals surface area contributed by atoms with Crippen LogP contribution < -0.4 is 0 Å². The van der Waals surface area contributed by atoms with Crippen LogP contribution in [0.15, 0.2) is 4.99 Å². The summed E-state index contributed by atoms with van der Waals surface area (Å²) in [7, 11) is 0. The van der Waals surface area contributed by atoms with Gasteiger partial charge in [-0.2, -0.15) is 15.5 Å². The van der Waals surface area contributed by atoms with Gasteiger partial charge in [-0.3, -0.25) is 0 Å². The fourth-order valence-electron chi connectivity index (χ4n) is 2.23. The molecule has 1 heterocycles. The molecule has 1 unspecified atom stereocenters. The summed E-state index contributed by atoms with van der Waals surface area (Å²) >= 11 is 0. The first-order valence-electron chi connectivity index (χ1n) is 6.30. The lowest BCUT2D eigenvalue weighted by Gasteiger charge is -2.31. The second kappa shape index (κ2) is 6.91. The molecule has 1 saturated heterocycles. The standard InChI is InChI=1S/C13H20N4/c1-11(2)8-12(9-14)13(16-10-15)17-6-4-3-5-7-17/h11-12H,3-8H2,1-2H3. The van der Waals surface area contributed by atoms with Gasteiger partial charge in [-0.1, -0.05) is 13.8 Å². The largest absolute Gasteiger partial charge is 0.358 e. The summed E-state index contributed by atoms with van der Waals surface area (Å²) in [4.78, 5) is 6.01. The average molecular weight is 232 g/mol. The molecule has 1 aliphatic rings. The van der Waals surface area contributed by atoms with Gasteiger partial charge in [0.25, 0.3) is 0 Å². The molecule has 0 radical (unpaired) electrons. The number of piperidine rings is 1. The zero-order valence-corrected chi connectivity index (χ0v) is 10.7. The van der Waals surface area contributed by atoms with Crippen molar-refractivity contribution in [2.24, 2.45) is 16.8 Å². The van der Waals surface area contributed by atoms with Crippen LogP contribution in [0, 0.1) is 34.6 Å². The second-order valence-corrected chi connectivity index (χ2v) is 4.93. The fourth-order valence-corrected chi connectivity index (χ4v) is 2.23. The lowest BCUT2D eigenvalue weighted by atomic mass is 9.95. The van der Waals surface area contributed by atoms with Crippen molar-refractivity contribution < 1.29 is 0 Å². The first-order valence-corrected chi connectivity index (χ1v) is 6.30. The number of hydrogen-bond acceptors (Lipinski definition) is 3. The Kier molecular flexibility index (Phi) is 5.49. The molecule has 0 aromatic rings. The fraction of sp³-hybridized carbons (Fsp3) is 0.769. The van der Waals surface area contributed by atoms with E-state index in [2.05, 4.69) is 29.8 Å². The first kappa shape index (κ1) is 13.5. The van der Waals surface area contributed by atoms with Crippen LogP contribution in [0.3, 0.4) is 0 Å². The zero-order chi connectivity index (χ0) is 12.7. The molecule has 0 aliphatic carbocycles. The smallest absolute Gasteiger partial charge is 0.207 e. The van der Waals surface area contributed by atoms with Crippen LogP contribution >= 0.6 is 0 Å². The van der Waals surface area contributed by atoms with E-state index in [9.17, 15) is 5.26 Å². The maximum absolute atomic E-state index is 9.24. The predicted molar refractivity (Wildman–Crippen MR) is 67.0 cm³/mol. The molecule has 1 atom stereocenters. The predicted octanol–water partition coefficient (Wildman–Crippen LogP) is 2.54. The van der Waals surface area contributed by atoms with Crippen molar-refractivity contribution in [3.8, 4) is 12.3 Å². The Hall–Kier alpha value is -1.55. The third kappa shape index (κ3) is 4.07. The minimum atomic E-state index is -0.243. The summed E-state index contributed by atoms with van der Waals surface area (Å²) in [5.41, 5.74) is 0. The Balaban J connectivity index is 2.80. The molecule has 17 heavy (non-hydrogen) atoms. The summed E-state index contributed by atoms with van der Waals surface area (Å²) in [6, 6.07) is 2.29. The summed E-state index contributed by atoms with van der Waals surface area (Å²) < 4.78 is 0. The van der Waals surface area contributed by atoms with Gasteiger partial charge in [-0.05, 0) is 31.6 Å². The quantitative estimate of drug-likeness (QED) is 0.426. The molecular formula is C13H20N4. The SMILES string of the molecule is CC(C)CC(C#N)C(=NC#N)N1CCCCC1. The minimum Gasteiger partial charge on any atom is -0.358 e. The summed E-state index contributed by atoms with van der Waals surface area (Å²) in [5.74, 6) is 0.879. The molecule has 0 saturated carbocycles. The molecular weight excluding hydrogens is 212 g/mol. The van der Waals surface area contributed by atoms with Gasteiger partial charge in [0.05, 0.1) is 6.07 Å². The van der Waals surface area contributed by atoms with E-state index >= 15 is 0 Å². The topological polar surface area (TPSA) is 63.2 Å². The van der Waals surface area contributed by atoms with E-state index in [1.165, 1.54) is 6.42 Å². The van der Waals surface area contributed by atoms with Crippen molar-refractivity contribution in [1.82, 2.24) is 4.90 Å². The molecule has 0 aromatic heterocycles.